The van der Waals surface area contributed by atoms with Crippen molar-refractivity contribution in [2.75, 3.05) is 43.4 Å². The number of aromatic nitrogens is 2. The summed E-state index contributed by atoms with van der Waals surface area (Å²) in [7, 11) is 0. The van der Waals surface area contributed by atoms with Crippen molar-refractivity contribution in [1.29, 1.82) is 0 Å². The Balaban J connectivity index is 1.32. The highest BCUT2D eigenvalue weighted by molar-refractivity contribution is 5.84. The van der Waals surface area contributed by atoms with Crippen molar-refractivity contribution >= 4 is 34.2 Å². The van der Waals surface area contributed by atoms with Gasteiger partial charge in [0.1, 0.15) is 17.4 Å². The van der Waals surface area contributed by atoms with E-state index >= 15 is 0 Å². The van der Waals surface area contributed by atoms with Gasteiger partial charge in [-0.25, -0.2) is 9.97 Å². The molecule has 0 fully saturated rings. The van der Waals surface area contributed by atoms with E-state index in [0.717, 1.165) is 21.9 Å². The number of hydrogen-bond acceptors (Lipinski definition) is 7. The molecule has 0 aliphatic carbocycles. The van der Waals surface area contributed by atoms with Crippen LogP contribution in [0.4, 0.5) is 11.6 Å². The van der Waals surface area contributed by atoms with Crippen LogP contribution in [0.15, 0.2) is 72.8 Å². The lowest BCUT2D eigenvalue weighted by molar-refractivity contribution is -0.123. The fourth-order valence-corrected chi connectivity index (χ4v) is 3.84. The molecule has 196 valence electrons. The molecular formula is C29H32N6O3. The molecule has 0 saturated heterocycles. The molecule has 9 nitrogen and oxygen atoms in total. The molecule has 9 heteroatoms. The summed E-state index contributed by atoms with van der Waals surface area (Å²) in [5, 5.41) is 14.4. The number of benzene rings is 3. The van der Waals surface area contributed by atoms with E-state index in [0.29, 0.717) is 49.4 Å². The molecule has 0 atom stereocenters. The van der Waals surface area contributed by atoms with Crippen LogP contribution in [0.1, 0.15) is 12.5 Å². The number of hydrogen-bond donors (Lipinski definition) is 4. The second kappa shape index (κ2) is 13.0. The molecule has 3 aromatic carbocycles. The van der Waals surface area contributed by atoms with Gasteiger partial charge in [0.25, 0.3) is 5.91 Å². The second-order valence-corrected chi connectivity index (χ2v) is 8.72. The summed E-state index contributed by atoms with van der Waals surface area (Å²) >= 11 is 0. The van der Waals surface area contributed by atoms with E-state index in [-0.39, 0.29) is 18.4 Å². The fourth-order valence-electron chi connectivity index (χ4n) is 3.84. The third kappa shape index (κ3) is 7.42. The summed E-state index contributed by atoms with van der Waals surface area (Å²) in [5.41, 5.74) is 1.73. The topological polar surface area (TPSA) is 117 Å². The molecule has 2 amide bonds. The lowest BCUT2D eigenvalue weighted by atomic mass is 10.1. The van der Waals surface area contributed by atoms with Crippen LogP contribution in [0, 0.1) is 6.92 Å². The number of nitrogens with zero attached hydrogens (tertiary/aromatic N) is 2. The predicted molar refractivity (Wildman–Crippen MR) is 150 cm³/mol. The lowest BCUT2D eigenvalue weighted by Crippen LogP contribution is -2.33. The van der Waals surface area contributed by atoms with Gasteiger partial charge in [0.05, 0.1) is 0 Å². The minimum absolute atomic E-state index is 0.0641. The van der Waals surface area contributed by atoms with Crippen LogP contribution in [0.5, 0.6) is 5.75 Å². The summed E-state index contributed by atoms with van der Waals surface area (Å²) < 4.78 is 5.66. The molecule has 0 spiro atoms. The summed E-state index contributed by atoms with van der Waals surface area (Å²) in [6, 6.07) is 23.5. The van der Waals surface area contributed by atoms with Crippen molar-refractivity contribution in [3.63, 3.8) is 0 Å². The molecule has 0 unspecified atom stereocenters. The largest absolute Gasteiger partial charge is 0.484 e. The van der Waals surface area contributed by atoms with Gasteiger partial charge in [0.15, 0.2) is 12.4 Å². The average Bonchev–Trinajstić information content (AvgIpc) is 2.94. The highest BCUT2D eigenvalue weighted by Crippen LogP contribution is 2.25. The van der Waals surface area contributed by atoms with Crippen molar-refractivity contribution in [2.24, 2.45) is 0 Å². The van der Waals surface area contributed by atoms with Gasteiger partial charge in [-0.15, -0.1) is 0 Å². The number of carbonyl (C=O) groups is 2. The van der Waals surface area contributed by atoms with Gasteiger partial charge in [0, 0.05) is 44.2 Å². The fraction of sp³-hybridized carbons (Fsp3) is 0.241. The van der Waals surface area contributed by atoms with E-state index in [1.807, 2.05) is 79.7 Å². The zero-order valence-corrected chi connectivity index (χ0v) is 21.6. The van der Waals surface area contributed by atoms with Gasteiger partial charge in [-0.3, -0.25) is 9.59 Å². The van der Waals surface area contributed by atoms with Crippen molar-refractivity contribution in [3.8, 4) is 17.1 Å². The first-order chi connectivity index (χ1) is 18.5. The third-order valence-electron chi connectivity index (χ3n) is 5.80. The minimum atomic E-state index is -0.204. The zero-order valence-electron chi connectivity index (χ0n) is 21.6. The Morgan fingerprint density at radius 2 is 1.39 bits per heavy atom. The highest BCUT2D eigenvalue weighted by Gasteiger charge is 2.12. The normalized spacial score (nSPS) is 10.6. The first kappa shape index (κ1) is 26.4. The standard InChI is InChI=1S/C29H32N6O3/c1-20-27(32-16-14-30-21(2)36)34-29(23-9-4-3-5-10-23)35-28(20)33-17-15-31-26(37)19-38-25-13-12-22-8-6-7-11-24(22)18-25/h3-13,18H,14-17,19H2,1-2H3,(H,30,36)(H,31,37)(H2,32,33,34,35). The number of amides is 2. The van der Waals surface area contributed by atoms with Crippen molar-refractivity contribution in [1.82, 2.24) is 20.6 Å². The van der Waals surface area contributed by atoms with Crippen LogP contribution in [-0.4, -0.2) is 54.6 Å². The zero-order chi connectivity index (χ0) is 26.7. The maximum Gasteiger partial charge on any atom is 0.258 e. The van der Waals surface area contributed by atoms with Crippen molar-refractivity contribution in [3.05, 3.63) is 78.4 Å². The molecule has 0 aliphatic heterocycles. The number of fused-ring (bicyclic) bond motifs is 1. The van der Waals surface area contributed by atoms with E-state index in [1.54, 1.807) is 0 Å². The van der Waals surface area contributed by atoms with Crippen LogP contribution in [0.3, 0.4) is 0 Å². The number of ether oxygens (including phenoxy) is 1. The van der Waals surface area contributed by atoms with Crippen LogP contribution >= 0.6 is 0 Å². The average molecular weight is 513 g/mol. The molecule has 4 aromatic rings. The lowest BCUT2D eigenvalue weighted by Gasteiger charge is -2.16. The van der Waals surface area contributed by atoms with Crippen molar-refractivity contribution in [2.45, 2.75) is 13.8 Å². The van der Waals surface area contributed by atoms with Crippen LogP contribution in [0.25, 0.3) is 22.2 Å². The Labute approximate surface area is 222 Å². The van der Waals surface area contributed by atoms with Gasteiger partial charge < -0.3 is 26.0 Å². The Hall–Kier alpha value is -4.66. The quantitative estimate of drug-likeness (QED) is 0.214. The highest BCUT2D eigenvalue weighted by atomic mass is 16.5. The molecule has 0 aliphatic rings. The van der Waals surface area contributed by atoms with Gasteiger partial charge >= 0.3 is 0 Å². The molecule has 4 N–H and O–H groups in total. The summed E-state index contributed by atoms with van der Waals surface area (Å²) in [5.74, 6) is 2.30. The Kier molecular flexibility index (Phi) is 9.07. The molecule has 0 saturated carbocycles. The van der Waals surface area contributed by atoms with Crippen LogP contribution in [-0.2, 0) is 9.59 Å². The molecule has 4 rings (SSSR count). The van der Waals surface area contributed by atoms with E-state index in [1.165, 1.54) is 6.92 Å². The molecule has 1 aromatic heterocycles. The van der Waals surface area contributed by atoms with Gasteiger partial charge in [0.2, 0.25) is 5.91 Å². The van der Waals surface area contributed by atoms with Crippen LogP contribution < -0.4 is 26.0 Å². The Morgan fingerprint density at radius 1 is 0.763 bits per heavy atom. The number of carbonyl (C=O) groups excluding carboxylic acids is 2. The monoisotopic (exact) mass is 512 g/mol. The maximum atomic E-state index is 12.3. The minimum Gasteiger partial charge on any atom is -0.484 e. The summed E-state index contributed by atoms with van der Waals surface area (Å²) in [4.78, 5) is 32.9. The summed E-state index contributed by atoms with van der Waals surface area (Å²) in [6.07, 6.45) is 0. The molecule has 38 heavy (non-hydrogen) atoms. The Morgan fingerprint density at radius 3 is 2.08 bits per heavy atom. The smallest absolute Gasteiger partial charge is 0.258 e. The van der Waals surface area contributed by atoms with E-state index in [2.05, 4.69) is 26.3 Å². The van der Waals surface area contributed by atoms with E-state index in [4.69, 9.17) is 9.72 Å². The predicted octanol–water partition coefficient (Wildman–Crippen LogP) is 3.76. The molecular weight excluding hydrogens is 480 g/mol. The summed E-state index contributed by atoms with van der Waals surface area (Å²) in [6.45, 7) is 5.22. The molecule has 1 heterocycles. The molecule has 0 radical (unpaired) electrons. The first-order valence-electron chi connectivity index (χ1n) is 12.5. The van der Waals surface area contributed by atoms with Crippen molar-refractivity contribution < 1.29 is 14.3 Å². The second-order valence-electron chi connectivity index (χ2n) is 8.72. The number of nitrogens with one attached hydrogen (secondary N) is 4. The van der Waals surface area contributed by atoms with Gasteiger partial charge in [-0.05, 0) is 29.8 Å². The third-order valence-corrected chi connectivity index (χ3v) is 5.80. The first-order valence-corrected chi connectivity index (χ1v) is 12.5. The van der Waals surface area contributed by atoms with Crippen LogP contribution in [0.2, 0.25) is 0 Å². The number of anilines is 2. The molecule has 0 bridgehead atoms. The van der Waals surface area contributed by atoms with Gasteiger partial charge in [-0.1, -0.05) is 60.7 Å². The van der Waals surface area contributed by atoms with E-state index in [9.17, 15) is 9.59 Å². The Bertz CT molecular complexity index is 1390. The van der Waals surface area contributed by atoms with E-state index < -0.39 is 0 Å². The van der Waals surface area contributed by atoms with Gasteiger partial charge in [-0.2, -0.15) is 0 Å². The SMILES string of the molecule is CC(=O)NCCNc1nc(-c2ccccc2)nc(NCCNC(=O)COc2ccc3ccccc3c2)c1C. The maximum absolute atomic E-state index is 12.3. The number of rotatable bonds is 12.